The van der Waals surface area contributed by atoms with Crippen molar-refractivity contribution in [2.75, 3.05) is 62.7 Å². The molecule has 3 heterocycles. The molecule has 3 aliphatic rings. The van der Waals surface area contributed by atoms with E-state index in [4.69, 9.17) is 21.1 Å². The zero-order valence-electron chi connectivity index (χ0n) is 34.4. The average molecular weight is 867 g/mol. The van der Waals surface area contributed by atoms with E-state index in [9.17, 15) is 23.3 Å². The van der Waals surface area contributed by atoms with Crippen molar-refractivity contribution in [3.05, 3.63) is 123 Å². The number of hydrogen-bond acceptors (Lipinski definition) is 10. The summed E-state index contributed by atoms with van der Waals surface area (Å²) in [6.45, 7) is 10.5. The van der Waals surface area contributed by atoms with Gasteiger partial charge in [-0.1, -0.05) is 43.2 Å². The largest absolute Gasteiger partial charge is 0.456 e. The Morgan fingerprint density at radius 3 is 2.51 bits per heavy atom. The number of carbonyl (C=O) groups excluding carboxylic acids is 1. The monoisotopic (exact) mass is 866 g/mol. The summed E-state index contributed by atoms with van der Waals surface area (Å²) >= 11 is 6.24. The fourth-order valence-corrected chi connectivity index (χ4v) is 9.63. The van der Waals surface area contributed by atoms with Crippen LogP contribution in [0.5, 0.6) is 11.5 Å². The molecule has 2 aliphatic heterocycles. The van der Waals surface area contributed by atoms with E-state index in [2.05, 4.69) is 50.8 Å². The van der Waals surface area contributed by atoms with Gasteiger partial charge in [0.15, 0.2) is 0 Å². The van der Waals surface area contributed by atoms with Crippen molar-refractivity contribution in [2.24, 2.45) is 11.3 Å². The molecule has 1 amide bonds. The highest BCUT2D eigenvalue weighted by molar-refractivity contribution is 7.90. The van der Waals surface area contributed by atoms with Crippen molar-refractivity contribution in [3.8, 4) is 11.5 Å². The highest BCUT2D eigenvalue weighted by Gasteiger charge is 2.30. The normalized spacial score (nSPS) is 17.7. The number of aromatic amines is 1. The number of halogens is 1. The quantitative estimate of drug-likeness (QED) is 0.0769. The number of allylic oxidation sites excluding steroid dienone is 1. The molecule has 61 heavy (non-hydrogen) atoms. The Hall–Kier alpha value is -5.41. The Morgan fingerprint density at radius 1 is 0.984 bits per heavy atom. The van der Waals surface area contributed by atoms with Crippen LogP contribution in [0.15, 0.2) is 102 Å². The average Bonchev–Trinajstić information content (AvgIpc) is 3.72. The number of benzene rings is 4. The van der Waals surface area contributed by atoms with Gasteiger partial charge in [0, 0.05) is 92.4 Å². The lowest BCUT2D eigenvalue weighted by Gasteiger charge is -2.39. The number of nitro benzene ring substituents is 1. The lowest BCUT2D eigenvalue weighted by Crippen LogP contribution is -2.47. The van der Waals surface area contributed by atoms with E-state index in [0.717, 1.165) is 92.5 Å². The predicted octanol–water partition coefficient (Wildman–Crippen LogP) is 9.26. The van der Waals surface area contributed by atoms with Gasteiger partial charge in [-0.15, -0.1) is 0 Å². The minimum Gasteiger partial charge on any atom is -0.456 e. The zero-order valence-corrected chi connectivity index (χ0v) is 36.0. The fraction of sp³-hybridized carbons (Fsp3) is 0.370. The lowest BCUT2D eigenvalue weighted by molar-refractivity contribution is -0.384. The molecule has 0 atom stereocenters. The first-order chi connectivity index (χ1) is 29.3. The van der Waals surface area contributed by atoms with Gasteiger partial charge in [-0.05, 0) is 115 Å². The third-order valence-corrected chi connectivity index (χ3v) is 13.7. The molecule has 1 aliphatic carbocycles. The summed E-state index contributed by atoms with van der Waals surface area (Å²) in [5.74, 6) is -0.0196. The molecule has 4 aromatic carbocycles. The van der Waals surface area contributed by atoms with Crippen LogP contribution in [0.2, 0.25) is 5.02 Å². The number of hydrogen-bond donors (Lipinski definition) is 3. The van der Waals surface area contributed by atoms with Gasteiger partial charge in [-0.3, -0.25) is 19.8 Å². The maximum absolute atomic E-state index is 13.9. The van der Waals surface area contributed by atoms with E-state index in [0.29, 0.717) is 25.5 Å². The molecule has 2 fully saturated rings. The Kier molecular flexibility index (Phi) is 12.4. The number of anilines is 2. The maximum Gasteiger partial charge on any atom is 0.293 e. The lowest BCUT2D eigenvalue weighted by atomic mass is 9.72. The van der Waals surface area contributed by atoms with Gasteiger partial charge in [0.25, 0.3) is 21.6 Å². The van der Waals surface area contributed by atoms with E-state index in [1.165, 1.54) is 28.8 Å². The molecule has 2 saturated heterocycles. The summed E-state index contributed by atoms with van der Waals surface area (Å²) in [6, 6.07) is 24.3. The molecular weight excluding hydrogens is 816 g/mol. The van der Waals surface area contributed by atoms with Gasteiger partial charge in [-0.25, -0.2) is 13.1 Å². The van der Waals surface area contributed by atoms with Crippen LogP contribution in [0.4, 0.5) is 17.1 Å². The van der Waals surface area contributed by atoms with Crippen LogP contribution < -0.4 is 19.7 Å². The second-order valence-corrected chi connectivity index (χ2v) is 19.1. The number of sulfonamides is 1. The third kappa shape index (κ3) is 10.0. The number of piperazine rings is 1. The summed E-state index contributed by atoms with van der Waals surface area (Å²) in [5.41, 5.74) is 5.88. The van der Waals surface area contributed by atoms with E-state index in [1.54, 1.807) is 24.3 Å². The third-order valence-electron chi connectivity index (χ3n) is 12.1. The topological polar surface area (TPSA) is 159 Å². The molecular formula is C46H51ClN6O7S. The maximum atomic E-state index is 13.9. The number of nitro groups is 1. The number of nitrogens with one attached hydrogen (secondary N) is 3. The van der Waals surface area contributed by atoms with Crippen molar-refractivity contribution in [1.29, 1.82) is 0 Å². The molecule has 0 unspecified atom stereocenters. The first-order valence-electron chi connectivity index (χ1n) is 20.8. The number of aromatic nitrogens is 1. The van der Waals surface area contributed by atoms with Gasteiger partial charge in [0.2, 0.25) is 0 Å². The number of H-pyrrole nitrogens is 1. The van der Waals surface area contributed by atoms with Crippen LogP contribution in [0.25, 0.3) is 16.5 Å². The molecule has 0 radical (unpaired) electrons. The highest BCUT2D eigenvalue weighted by Crippen LogP contribution is 2.43. The van der Waals surface area contributed by atoms with Crippen LogP contribution in [-0.2, 0) is 14.8 Å². The fourth-order valence-electron chi connectivity index (χ4n) is 8.52. The van der Waals surface area contributed by atoms with Crippen LogP contribution in [0.3, 0.4) is 0 Å². The van der Waals surface area contributed by atoms with Crippen molar-refractivity contribution >= 4 is 61.1 Å². The molecule has 3 N–H and O–H groups in total. The summed E-state index contributed by atoms with van der Waals surface area (Å²) in [4.78, 5) is 32.9. The molecule has 0 saturated carbocycles. The van der Waals surface area contributed by atoms with E-state index in [-0.39, 0.29) is 28.3 Å². The van der Waals surface area contributed by atoms with Crippen molar-refractivity contribution in [3.63, 3.8) is 0 Å². The molecule has 5 aromatic rings. The molecule has 1 aromatic heterocycles. The highest BCUT2D eigenvalue weighted by atomic mass is 35.5. The van der Waals surface area contributed by atoms with Crippen molar-refractivity contribution < 1.29 is 27.6 Å². The van der Waals surface area contributed by atoms with Gasteiger partial charge in [0.1, 0.15) is 17.2 Å². The summed E-state index contributed by atoms with van der Waals surface area (Å²) < 4.78 is 41.3. The Balaban J connectivity index is 1.00. The molecule has 13 nitrogen and oxygen atoms in total. The number of rotatable bonds is 13. The van der Waals surface area contributed by atoms with Gasteiger partial charge >= 0.3 is 0 Å². The van der Waals surface area contributed by atoms with E-state index < -0.39 is 31.4 Å². The number of fused-ring (bicyclic) bond motifs is 1. The number of ether oxygens (including phenoxy) is 2. The minimum absolute atomic E-state index is 0.00809. The molecule has 8 rings (SSSR count). The molecule has 15 heteroatoms. The van der Waals surface area contributed by atoms with Crippen LogP contribution in [0, 0.1) is 21.4 Å². The summed E-state index contributed by atoms with van der Waals surface area (Å²) in [7, 11) is -4.54. The van der Waals surface area contributed by atoms with Gasteiger partial charge < -0.3 is 24.7 Å². The second-order valence-electron chi connectivity index (χ2n) is 17.0. The van der Waals surface area contributed by atoms with Crippen LogP contribution in [-0.4, -0.2) is 81.6 Å². The zero-order chi connectivity index (χ0) is 42.7. The van der Waals surface area contributed by atoms with E-state index in [1.807, 2.05) is 36.5 Å². The van der Waals surface area contributed by atoms with Crippen molar-refractivity contribution in [2.45, 2.75) is 50.8 Å². The van der Waals surface area contributed by atoms with Crippen LogP contribution in [0.1, 0.15) is 61.9 Å². The standard InChI is InChI=1S/C46H51ClN6O7S/c1-46(2)17-13-34(40(28-46)32-3-5-35(47)6-4-32)30-51-19-21-52(22-20-51)36-7-10-39(44(26-36)60-37-8-11-41-33(25-37)14-18-48-41)45(54)50-61(57,58)38-9-12-42(43(27-38)53(55)56)49-29-31-15-23-59-24-16-31/h3-12,14,18,25-27,31,48-49H,13,15-17,19-24,28-30H2,1-2H3,(H,50,54). The smallest absolute Gasteiger partial charge is 0.293 e. The second kappa shape index (κ2) is 17.9. The minimum atomic E-state index is -4.54. The molecule has 320 valence electrons. The SMILES string of the molecule is CC1(C)CCC(CN2CCN(c3ccc(C(=O)NS(=O)(=O)c4ccc(NCC5CCOCC5)c([N+](=O)[O-])c4)c(Oc4ccc5[nH]ccc5c4)c3)CC2)=C(c2ccc(Cl)cc2)C1. The number of carbonyl (C=O) groups is 1. The summed E-state index contributed by atoms with van der Waals surface area (Å²) in [6.07, 6.45) is 6.69. The number of amides is 1. The van der Waals surface area contributed by atoms with Crippen molar-refractivity contribution in [1.82, 2.24) is 14.6 Å². The predicted molar refractivity (Wildman–Crippen MR) is 239 cm³/mol. The Labute approximate surface area is 361 Å². The van der Waals surface area contributed by atoms with Gasteiger partial charge in [0.05, 0.1) is 15.4 Å². The first-order valence-corrected chi connectivity index (χ1v) is 22.7. The molecule has 0 spiro atoms. The van der Waals surface area contributed by atoms with Crippen LogP contribution >= 0.6 is 11.6 Å². The van der Waals surface area contributed by atoms with Gasteiger partial charge in [-0.2, -0.15) is 0 Å². The van der Waals surface area contributed by atoms with E-state index >= 15 is 0 Å². The summed E-state index contributed by atoms with van der Waals surface area (Å²) in [5, 5.41) is 16.8. The first kappa shape index (κ1) is 42.3. The molecule has 0 bridgehead atoms. The Morgan fingerprint density at radius 2 is 1.75 bits per heavy atom. The Bertz CT molecular complexity index is 2560. The number of nitrogens with zero attached hydrogens (tertiary/aromatic N) is 3.